The average Bonchev–Trinajstić information content (AvgIpc) is 3.44. The standard InChI is InChI=1S/C22H36BNO4/c1-20(2,3)26-19(25)24-17(14-8-9-14)12-16(13-18(24)15-10-11-15)23-27-21(4,5)22(6,7)28-23/h12,14-15,17-18H,8-11,13H2,1-7H3/t17-,18+/m1/s1. The first-order chi connectivity index (χ1) is 12.9. The predicted molar refractivity (Wildman–Crippen MR) is 110 cm³/mol. The van der Waals surface area contributed by atoms with E-state index in [1.807, 2.05) is 20.8 Å². The number of amides is 1. The number of nitrogens with zero attached hydrogens (tertiary/aromatic N) is 1. The lowest BCUT2D eigenvalue weighted by molar-refractivity contribution is 0.00245. The Hall–Kier alpha value is -1.01. The Morgan fingerprint density at radius 2 is 1.61 bits per heavy atom. The van der Waals surface area contributed by atoms with Gasteiger partial charge in [-0.05, 0) is 97.9 Å². The van der Waals surface area contributed by atoms with Crippen LogP contribution in [0.3, 0.4) is 0 Å². The molecule has 2 aliphatic carbocycles. The van der Waals surface area contributed by atoms with Gasteiger partial charge in [0.1, 0.15) is 5.60 Å². The molecule has 2 aliphatic heterocycles. The molecule has 5 nitrogen and oxygen atoms in total. The van der Waals surface area contributed by atoms with Crippen molar-refractivity contribution in [3.63, 3.8) is 0 Å². The number of hydrogen-bond acceptors (Lipinski definition) is 4. The third kappa shape index (κ3) is 3.87. The topological polar surface area (TPSA) is 48.0 Å². The Morgan fingerprint density at radius 1 is 1.07 bits per heavy atom. The number of rotatable bonds is 3. The van der Waals surface area contributed by atoms with Gasteiger partial charge in [0.2, 0.25) is 0 Å². The molecule has 1 amide bonds. The highest BCUT2D eigenvalue weighted by molar-refractivity contribution is 6.54. The molecule has 6 heteroatoms. The Kier molecular flexibility index (Phi) is 4.70. The smallest absolute Gasteiger partial charge is 0.444 e. The number of ether oxygens (including phenoxy) is 1. The Balaban J connectivity index is 1.62. The zero-order valence-electron chi connectivity index (χ0n) is 18.6. The van der Waals surface area contributed by atoms with Crippen LogP contribution in [0.15, 0.2) is 11.5 Å². The van der Waals surface area contributed by atoms with Gasteiger partial charge in [-0.2, -0.15) is 0 Å². The van der Waals surface area contributed by atoms with Crippen molar-refractivity contribution in [2.45, 2.75) is 109 Å². The molecule has 1 saturated heterocycles. The fraction of sp³-hybridized carbons (Fsp3) is 0.864. The van der Waals surface area contributed by atoms with Crippen molar-refractivity contribution >= 4 is 13.2 Å². The maximum Gasteiger partial charge on any atom is 0.490 e. The van der Waals surface area contributed by atoms with Gasteiger partial charge in [0.15, 0.2) is 0 Å². The molecular weight excluding hydrogens is 353 g/mol. The van der Waals surface area contributed by atoms with Crippen LogP contribution in [0.1, 0.15) is 80.6 Å². The van der Waals surface area contributed by atoms with E-state index >= 15 is 0 Å². The third-order valence-corrected chi connectivity index (χ3v) is 6.94. The van der Waals surface area contributed by atoms with Gasteiger partial charge in [0, 0.05) is 6.04 Å². The summed E-state index contributed by atoms with van der Waals surface area (Å²) in [6.45, 7) is 14.2. The lowest BCUT2D eigenvalue weighted by atomic mass is 9.70. The molecule has 28 heavy (non-hydrogen) atoms. The summed E-state index contributed by atoms with van der Waals surface area (Å²) < 4.78 is 18.5. The number of carbonyl (C=O) groups excluding carboxylic acids is 1. The summed E-state index contributed by atoms with van der Waals surface area (Å²) in [4.78, 5) is 15.2. The first kappa shape index (κ1) is 20.3. The maximum absolute atomic E-state index is 13.1. The van der Waals surface area contributed by atoms with E-state index in [9.17, 15) is 4.79 Å². The molecule has 2 saturated carbocycles. The van der Waals surface area contributed by atoms with Crippen LogP contribution in [0, 0.1) is 11.8 Å². The molecule has 2 heterocycles. The summed E-state index contributed by atoms with van der Waals surface area (Å²) in [5, 5.41) is 0. The van der Waals surface area contributed by atoms with E-state index in [0.717, 1.165) is 6.42 Å². The molecule has 0 N–H and O–H groups in total. The Bertz CT molecular complexity index is 657. The van der Waals surface area contributed by atoms with E-state index in [-0.39, 0.29) is 36.5 Å². The van der Waals surface area contributed by atoms with Crippen molar-refractivity contribution in [1.29, 1.82) is 0 Å². The van der Waals surface area contributed by atoms with E-state index in [1.165, 1.54) is 31.2 Å². The van der Waals surface area contributed by atoms with Crippen molar-refractivity contribution in [2.24, 2.45) is 11.8 Å². The predicted octanol–water partition coefficient (Wildman–Crippen LogP) is 4.74. The lowest BCUT2D eigenvalue weighted by Gasteiger charge is -2.42. The number of carbonyl (C=O) groups is 1. The van der Waals surface area contributed by atoms with Crippen molar-refractivity contribution in [2.75, 3.05) is 0 Å². The molecule has 0 unspecified atom stereocenters. The highest BCUT2D eigenvalue weighted by atomic mass is 16.7. The van der Waals surface area contributed by atoms with Gasteiger partial charge in [0.25, 0.3) is 0 Å². The van der Waals surface area contributed by atoms with E-state index in [1.54, 1.807) is 0 Å². The van der Waals surface area contributed by atoms with Crippen LogP contribution in [0.25, 0.3) is 0 Å². The molecule has 0 radical (unpaired) electrons. The van der Waals surface area contributed by atoms with Crippen molar-refractivity contribution < 1.29 is 18.8 Å². The van der Waals surface area contributed by atoms with E-state index in [0.29, 0.717) is 11.8 Å². The van der Waals surface area contributed by atoms with Crippen molar-refractivity contribution in [3.8, 4) is 0 Å². The summed E-state index contributed by atoms with van der Waals surface area (Å²) >= 11 is 0. The summed E-state index contributed by atoms with van der Waals surface area (Å²) in [7, 11) is -0.312. The molecule has 4 aliphatic rings. The van der Waals surface area contributed by atoms with Gasteiger partial charge in [-0.1, -0.05) is 6.08 Å². The molecule has 0 aromatic carbocycles. The fourth-order valence-corrected chi connectivity index (χ4v) is 4.35. The molecule has 156 valence electrons. The average molecular weight is 389 g/mol. The van der Waals surface area contributed by atoms with Gasteiger partial charge in [0.05, 0.1) is 17.2 Å². The third-order valence-electron chi connectivity index (χ3n) is 6.94. The summed E-state index contributed by atoms with van der Waals surface area (Å²) in [6.07, 6.45) is 7.66. The zero-order chi connectivity index (χ0) is 20.5. The van der Waals surface area contributed by atoms with Crippen molar-refractivity contribution in [3.05, 3.63) is 11.5 Å². The quantitative estimate of drug-likeness (QED) is 0.654. The minimum Gasteiger partial charge on any atom is -0.444 e. The highest BCUT2D eigenvalue weighted by Gasteiger charge is 2.55. The monoisotopic (exact) mass is 389 g/mol. The van der Waals surface area contributed by atoms with Crippen LogP contribution in [0.2, 0.25) is 0 Å². The van der Waals surface area contributed by atoms with Crippen LogP contribution < -0.4 is 0 Å². The van der Waals surface area contributed by atoms with Gasteiger partial charge in [-0.3, -0.25) is 4.90 Å². The first-order valence-corrected chi connectivity index (χ1v) is 11.0. The summed E-state index contributed by atoms with van der Waals surface area (Å²) in [6, 6.07) is 0.294. The molecule has 0 spiro atoms. The Labute approximate surface area is 170 Å². The van der Waals surface area contributed by atoms with Crippen LogP contribution in [0.4, 0.5) is 4.79 Å². The first-order valence-electron chi connectivity index (χ1n) is 11.0. The molecule has 3 fully saturated rings. The normalized spacial score (nSPS) is 32.3. The number of hydrogen-bond donors (Lipinski definition) is 0. The highest BCUT2D eigenvalue weighted by Crippen LogP contribution is 2.48. The lowest BCUT2D eigenvalue weighted by Crippen LogP contribution is -2.53. The van der Waals surface area contributed by atoms with Crippen LogP contribution in [0.5, 0.6) is 0 Å². The molecule has 4 rings (SSSR count). The second-order valence-corrected chi connectivity index (χ2v) is 11.2. The van der Waals surface area contributed by atoms with Crippen LogP contribution in [-0.4, -0.2) is 47.0 Å². The molecule has 0 aromatic heterocycles. The minimum absolute atomic E-state index is 0.100. The zero-order valence-corrected chi connectivity index (χ0v) is 18.6. The van der Waals surface area contributed by atoms with Gasteiger partial charge >= 0.3 is 13.2 Å². The van der Waals surface area contributed by atoms with E-state index < -0.39 is 5.60 Å². The second kappa shape index (κ2) is 6.50. The second-order valence-electron chi connectivity index (χ2n) is 11.2. The van der Waals surface area contributed by atoms with E-state index in [4.69, 9.17) is 14.0 Å². The van der Waals surface area contributed by atoms with Crippen molar-refractivity contribution in [1.82, 2.24) is 4.90 Å². The van der Waals surface area contributed by atoms with Crippen LogP contribution in [-0.2, 0) is 14.0 Å². The van der Waals surface area contributed by atoms with Gasteiger partial charge in [-0.15, -0.1) is 0 Å². The fourth-order valence-electron chi connectivity index (χ4n) is 4.35. The van der Waals surface area contributed by atoms with Crippen LogP contribution >= 0.6 is 0 Å². The Morgan fingerprint density at radius 3 is 2.07 bits per heavy atom. The maximum atomic E-state index is 13.1. The molecule has 2 atom stereocenters. The molecule has 0 bridgehead atoms. The van der Waals surface area contributed by atoms with Gasteiger partial charge < -0.3 is 14.0 Å². The summed E-state index contributed by atoms with van der Waals surface area (Å²) in [5.74, 6) is 1.10. The largest absolute Gasteiger partial charge is 0.490 e. The molecular formula is C22H36BNO4. The SMILES string of the molecule is CC(C)(C)OC(=O)N1[C@@H](C2CC2)C=C(B2OC(C)(C)C(C)(C)O2)C[C@H]1C1CC1. The summed E-state index contributed by atoms with van der Waals surface area (Å²) in [5.41, 5.74) is 0.0533. The minimum atomic E-state index is -0.477. The van der Waals surface area contributed by atoms with Gasteiger partial charge in [-0.25, -0.2) is 4.79 Å². The molecule has 0 aromatic rings. The van der Waals surface area contributed by atoms with E-state index in [2.05, 4.69) is 38.7 Å².